The molecule has 8 nitrogen and oxygen atoms in total. The lowest BCUT2D eigenvalue weighted by atomic mass is 9.79. The fourth-order valence-electron chi connectivity index (χ4n) is 3.92. The van der Waals surface area contributed by atoms with Gasteiger partial charge in [0.1, 0.15) is 0 Å². The van der Waals surface area contributed by atoms with Crippen molar-refractivity contribution in [1.82, 2.24) is 0 Å². The van der Waals surface area contributed by atoms with Crippen molar-refractivity contribution < 1.29 is 28.2 Å². The quantitative estimate of drug-likeness (QED) is 0.597. The lowest BCUT2D eigenvalue weighted by Crippen LogP contribution is -2.41. The summed E-state index contributed by atoms with van der Waals surface area (Å²) in [7, 11) is 1.03. The molecular formula is C29H42B2N2O6. The zero-order valence-electron chi connectivity index (χ0n) is 25.2. The second kappa shape index (κ2) is 11.1. The Labute approximate surface area is 234 Å². The summed E-state index contributed by atoms with van der Waals surface area (Å²) < 4.78 is 23.9. The molecule has 2 aliphatic rings. The first-order valence-electron chi connectivity index (χ1n) is 13.3. The Morgan fingerprint density at radius 1 is 0.641 bits per heavy atom. The average Bonchev–Trinajstić information content (AvgIpc) is 3.18. The van der Waals surface area contributed by atoms with Crippen molar-refractivity contribution in [3.63, 3.8) is 0 Å². The van der Waals surface area contributed by atoms with Crippen LogP contribution in [0.4, 0.5) is 11.4 Å². The zero-order chi connectivity index (χ0) is 29.4. The van der Waals surface area contributed by atoms with Crippen LogP contribution in [0.1, 0.15) is 69.2 Å². The topological polar surface area (TPSA) is 86.3 Å². The molecule has 2 heterocycles. The summed E-state index contributed by atoms with van der Waals surface area (Å²) in [6.07, 6.45) is 0. The van der Waals surface area contributed by atoms with Crippen molar-refractivity contribution in [2.45, 2.75) is 91.6 Å². The van der Waals surface area contributed by atoms with E-state index in [1.807, 2.05) is 104 Å². The van der Waals surface area contributed by atoms with E-state index in [2.05, 4.69) is 5.32 Å². The Kier molecular flexibility index (Phi) is 8.78. The first-order chi connectivity index (χ1) is 17.8. The van der Waals surface area contributed by atoms with Gasteiger partial charge in [-0.1, -0.05) is 24.3 Å². The normalized spacial score (nSPS) is 20.2. The number of hydrogen-bond donors (Lipinski definition) is 1. The van der Waals surface area contributed by atoms with Crippen LogP contribution in [0.5, 0.6) is 0 Å². The molecule has 0 spiro atoms. The Balaban J connectivity index is 0.000000216. The van der Waals surface area contributed by atoms with E-state index in [0.29, 0.717) is 0 Å². The molecule has 2 saturated heterocycles. The van der Waals surface area contributed by atoms with Crippen LogP contribution >= 0.6 is 0 Å². The summed E-state index contributed by atoms with van der Waals surface area (Å²) in [4.78, 5) is 23.9. The van der Waals surface area contributed by atoms with Crippen molar-refractivity contribution in [2.24, 2.45) is 0 Å². The van der Waals surface area contributed by atoms with E-state index in [4.69, 9.17) is 18.6 Å². The van der Waals surface area contributed by atoms with Gasteiger partial charge in [0.2, 0.25) is 11.8 Å². The molecule has 0 aromatic heterocycles. The second-order valence-corrected chi connectivity index (χ2v) is 12.1. The summed E-state index contributed by atoms with van der Waals surface area (Å²) in [5.41, 5.74) is 2.18. The van der Waals surface area contributed by atoms with Gasteiger partial charge in [0, 0.05) is 32.3 Å². The molecular weight excluding hydrogens is 494 g/mol. The number of hydrogen-bond acceptors (Lipinski definition) is 6. The maximum Gasteiger partial charge on any atom is 0.494 e. The molecule has 0 atom stereocenters. The summed E-state index contributed by atoms with van der Waals surface area (Å²) in [6.45, 7) is 19.3. The molecule has 0 bridgehead atoms. The van der Waals surface area contributed by atoms with E-state index < -0.39 is 0 Å². The molecule has 0 radical (unpaired) electrons. The van der Waals surface area contributed by atoms with Gasteiger partial charge >= 0.3 is 14.2 Å². The molecule has 210 valence electrons. The van der Waals surface area contributed by atoms with Gasteiger partial charge in [-0.15, -0.1) is 0 Å². The number of nitrogens with zero attached hydrogens (tertiary/aromatic N) is 1. The third-order valence-corrected chi connectivity index (χ3v) is 8.03. The lowest BCUT2D eigenvalue weighted by molar-refractivity contribution is -0.116. The first-order valence-corrected chi connectivity index (χ1v) is 13.3. The molecule has 0 aliphatic carbocycles. The number of rotatable bonds is 4. The fraction of sp³-hybridized carbons (Fsp3) is 0.517. The summed E-state index contributed by atoms with van der Waals surface area (Å²) in [5.74, 6) is -0.0724. The number of anilines is 2. The Hall–Kier alpha value is -2.65. The Bertz CT molecular complexity index is 1150. The van der Waals surface area contributed by atoms with Crippen LogP contribution < -0.4 is 21.1 Å². The summed E-state index contributed by atoms with van der Waals surface area (Å²) in [5, 5.41) is 2.73. The predicted molar refractivity (Wildman–Crippen MR) is 158 cm³/mol. The highest BCUT2D eigenvalue weighted by molar-refractivity contribution is 6.62. The molecule has 2 fully saturated rings. The molecule has 1 N–H and O–H groups in total. The van der Waals surface area contributed by atoms with Crippen LogP contribution in [0.2, 0.25) is 0 Å². The molecule has 2 aromatic rings. The molecule has 10 heteroatoms. The minimum absolute atomic E-state index is 0.00776. The number of benzene rings is 2. The highest BCUT2D eigenvalue weighted by Gasteiger charge is 2.52. The van der Waals surface area contributed by atoms with Crippen LogP contribution in [0.3, 0.4) is 0 Å². The van der Waals surface area contributed by atoms with Crippen molar-refractivity contribution in [1.29, 1.82) is 0 Å². The van der Waals surface area contributed by atoms with E-state index in [-0.39, 0.29) is 48.5 Å². The van der Waals surface area contributed by atoms with E-state index in [1.165, 1.54) is 6.92 Å². The molecule has 4 rings (SSSR count). The third kappa shape index (κ3) is 6.92. The molecule has 0 saturated carbocycles. The average molecular weight is 536 g/mol. The summed E-state index contributed by atoms with van der Waals surface area (Å²) >= 11 is 0. The van der Waals surface area contributed by atoms with Crippen LogP contribution in [0, 0.1) is 0 Å². The van der Waals surface area contributed by atoms with Crippen molar-refractivity contribution in [3.8, 4) is 0 Å². The van der Waals surface area contributed by atoms with E-state index in [9.17, 15) is 9.59 Å². The van der Waals surface area contributed by atoms with Crippen molar-refractivity contribution in [2.75, 3.05) is 17.3 Å². The molecule has 2 aliphatic heterocycles. The maximum atomic E-state index is 11.3. The van der Waals surface area contributed by atoms with E-state index in [0.717, 1.165) is 22.3 Å². The molecule has 2 aromatic carbocycles. The van der Waals surface area contributed by atoms with Gasteiger partial charge in [-0.05, 0) is 90.6 Å². The second-order valence-electron chi connectivity index (χ2n) is 12.1. The van der Waals surface area contributed by atoms with Crippen LogP contribution in [0.15, 0.2) is 48.5 Å². The highest BCUT2D eigenvalue weighted by atomic mass is 16.7. The van der Waals surface area contributed by atoms with Gasteiger partial charge in [0.15, 0.2) is 0 Å². The van der Waals surface area contributed by atoms with Gasteiger partial charge < -0.3 is 28.8 Å². The number of carbonyl (C=O) groups excluding carboxylic acids is 2. The molecule has 39 heavy (non-hydrogen) atoms. The smallest absolute Gasteiger partial charge is 0.399 e. The number of carbonyl (C=O) groups is 2. The van der Waals surface area contributed by atoms with Crippen LogP contribution in [0.25, 0.3) is 0 Å². The van der Waals surface area contributed by atoms with Gasteiger partial charge in [-0.2, -0.15) is 0 Å². The lowest BCUT2D eigenvalue weighted by Gasteiger charge is -2.32. The molecule has 2 amide bonds. The van der Waals surface area contributed by atoms with Gasteiger partial charge in [0.05, 0.1) is 22.4 Å². The first kappa shape index (κ1) is 30.9. The summed E-state index contributed by atoms with van der Waals surface area (Å²) in [6, 6.07) is 15.2. The monoisotopic (exact) mass is 536 g/mol. The minimum atomic E-state index is -0.364. The molecule has 0 unspecified atom stereocenters. The predicted octanol–water partition coefficient (Wildman–Crippen LogP) is 3.91. The van der Waals surface area contributed by atoms with Gasteiger partial charge in [0.25, 0.3) is 0 Å². The van der Waals surface area contributed by atoms with Crippen molar-refractivity contribution in [3.05, 3.63) is 48.5 Å². The Morgan fingerprint density at radius 2 is 0.974 bits per heavy atom. The number of amides is 2. The SMILES string of the molecule is CC(=O)N(C)c1ccc(B2OC(C)(C)C(C)(C)O2)cc1.CC(=O)Nc1ccc(B2OC(C)(C)C(C)(C)O2)cc1. The zero-order valence-corrected chi connectivity index (χ0v) is 25.2. The largest absolute Gasteiger partial charge is 0.494 e. The third-order valence-electron chi connectivity index (χ3n) is 8.03. The minimum Gasteiger partial charge on any atom is -0.399 e. The highest BCUT2D eigenvalue weighted by Crippen LogP contribution is 2.37. The maximum absolute atomic E-state index is 11.3. The van der Waals surface area contributed by atoms with E-state index in [1.54, 1.807) is 18.9 Å². The van der Waals surface area contributed by atoms with Crippen molar-refractivity contribution >= 4 is 48.4 Å². The van der Waals surface area contributed by atoms with Crippen LogP contribution in [-0.4, -0.2) is 55.5 Å². The standard InChI is InChI=1S/C15H22BNO3.C14H20BNO3/c1-11(18)17(6)13-9-7-12(8-10-13)16-19-14(2,3)15(4,5)20-16;1-10(17)16-12-8-6-11(7-9-12)15-18-13(2,3)14(4,5)19-15/h7-10H,1-6H3;6-9H,1-5H3,(H,16,17). The van der Waals surface area contributed by atoms with E-state index >= 15 is 0 Å². The van der Waals surface area contributed by atoms with Crippen LogP contribution in [-0.2, 0) is 28.2 Å². The number of nitrogens with one attached hydrogen (secondary N) is 1. The fourth-order valence-corrected chi connectivity index (χ4v) is 3.92. The van der Waals surface area contributed by atoms with Gasteiger partial charge in [-0.3, -0.25) is 9.59 Å². The Morgan fingerprint density at radius 3 is 1.28 bits per heavy atom. The van der Waals surface area contributed by atoms with Gasteiger partial charge in [-0.25, -0.2) is 0 Å².